The van der Waals surface area contributed by atoms with Crippen molar-refractivity contribution in [3.8, 4) is 0 Å². The van der Waals surface area contributed by atoms with Gasteiger partial charge in [-0.1, -0.05) is 51.1 Å². The van der Waals surface area contributed by atoms with Crippen LogP contribution in [0.5, 0.6) is 0 Å². The number of hydrogen-bond donors (Lipinski definition) is 4. The normalized spacial score (nSPS) is 17.3. The number of aliphatic carboxylic acids is 1. The van der Waals surface area contributed by atoms with Crippen molar-refractivity contribution in [2.75, 3.05) is 0 Å². The highest BCUT2D eigenvalue weighted by atomic mass is 19.1. The summed E-state index contributed by atoms with van der Waals surface area (Å²) in [7, 11) is 0. The minimum absolute atomic E-state index is 0.0731. The Hall–Kier alpha value is -3.52. The number of fused-ring (bicyclic) bond motifs is 1. The predicted molar refractivity (Wildman–Crippen MR) is 125 cm³/mol. The summed E-state index contributed by atoms with van der Waals surface area (Å²) in [6.07, 6.45) is 2.84. The maximum atomic E-state index is 14.3. The van der Waals surface area contributed by atoms with Gasteiger partial charge in [0.25, 0.3) is 0 Å². The molecule has 33 heavy (non-hydrogen) atoms. The van der Waals surface area contributed by atoms with E-state index < -0.39 is 23.8 Å². The third-order valence-electron chi connectivity index (χ3n) is 5.69. The van der Waals surface area contributed by atoms with Crippen LogP contribution in [0.3, 0.4) is 0 Å². The first kappa shape index (κ1) is 22.7. The lowest BCUT2D eigenvalue weighted by Gasteiger charge is -2.34. The monoisotopic (exact) mass is 452 g/mol. The number of amidine groups is 1. The van der Waals surface area contributed by atoms with Crippen molar-refractivity contribution in [1.29, 1.82) is 0 Å². The van der Waals surface area contributed by atoms with Gasteiger partial charge in [0.05, 0.1) is 11.9 Å². The van der Waals surface area contributed by atoms with E-state index in [1.54, 1.807) is 6.20 Å². The molecule has 0 fully saturated rings. The van der Waals surface area contributed by atoms with Crippen LogP contribution < -0.4 is 10.6 Å². The molecule has 0 saturated heterocycles. The molecule has 172 valence electrons. The molecule has 0 saturated carbocycles. The molecule has 4 N–H and O–H groups in total. The molecule has 0 aliphatic carbocycles. The number of carbonyl (C=O) groups is 1. The Morgan fingerprint density at radius 1 is 1.21 bits per heavy atom. The number of benzene rings is 2. The van der Waals surface area contributed by atoms with Crippen molar-refractivity contribution in [1.82, 2.24) is 15.6 Å². The van der Waals surface area contributed by atoms with Gasteiger partial charge in [-0.05, 0) is 23.1 Å². The molecule has 6 nitrogen and oxygen atoms in total. The number of halogens is 2. The first-order chi connectivity index (χ1) is 15.6. The van der Waals surface area contributed by atoms with Crippen molar-refractivity contribution in [3.63, 3.8) is 0 Å². The van der Waals surface area contributed by atoms with Crippen LogP contribution in [0.25, 0.3) is 16.6 Å². The molecule has 1 aromatic heterocycles. The fourth-order valence-corrected chi connectivity index (χ4v) is 3.89. The van der Waals surface area contributed by atoms with Gasteiger partial charge in [0.15, 0.2) is 0 Å². The van der Waals surface area contributed by atoms with Gasteiger partial charge in [0, 0.05) is 35.0 Å². The Morgan fingerprint density at radius 2 is 1.94 bits per heavy atom. The minimum atomic E-state index is -0.907. The molecule has 8 heteroatoms. The van der Waals surface area contributed by atoms with Crippen LogP contribution in [0.1, 0.15) is 38.3 Å². The third-order valence-corrected chi connectivity index (χ3v) is 5.69. The van der Waals surface area contributed by atoms with Crippen molar-refractivity contribution in [2.24, 2.45) is 10.4 Å². The zero-order valence-corrected chi connectivity index (χ0v) is 18.6. The number of hydrogen-bond acceptors (Lipinski definition) is 4. The molecule has 1 aliphatic rings. The summed E-state index contributed by atoms with van der Waals surface area (Å²) in [4.78, 5) is 19.1. The molecule has 3 aromatic rings. The third kappa shape index (κ3) is 4.96. The van der Waals surface area contributed by atoms with Crippen molar-refractivity contribution in [2.45, 2.75) is 39.4 Å². The smallest absolute Gasteiger partial charge is 0.304 e. The maximum Gasteiger partial charge on any atom is 0.304 e. The number of carboxylic acids is 1. The number of rotatable bonds is 6. The molecule has 0 spiro atoms. The van der Waals surface area contributed by atoms with E-state index in [-0.39, 0.29) is 23.4 Å². The summed E-state index contributed by atoms with van der Waals surface area (Å²) in [5.41, 5.74) is 2.02. The molecule has 1 aliphatic heterocycles. The van der Waals surface area contributed by atoms with E-state index in [2.05, 4.69) is 15.6 Å². The minimum Gasteiger partial charge on any atom is -0.481 e. The van der Waals surface area contributed by atoms with Crippen LogP contribution in [-0.2, 0) is 4.79 Å². The second-order valence-electron chi connectivity index (χ2n) is 9.19. The number of aliphatic imine (C=N–C) groups is 1. The molecule has 2 aromatic carbocycles. The number of nitrogens with one attached hydrogen (secondary N) is 3. The van der Waals surface area contributed by atoms with Crippen LogP contribution >= 0.6 is 0 Å². The number of aromatic nitrogens is 1. The molecule has 0 radical (unpaired) electrons. The Labute approximate surface area is 190 Å². The van der Waals surface area contributed by atoms with Crippen LogP contribution in [0, 0.1) is 17.0 Å². The molecule has 2 heterocycles. The summed E-state index contributed by atoms with van der Waals surface area (Å²) < 4.78 is 28.2. The fraction of sp³-hybridized carbons (Fsp3) is 0.280. The molecule has 0 amide bonds. The summed E-state index contributed by atoms with van der Waals surface area (Å²) in [6.45, 7) is 5.89. The SMILES string of the molecule is CC(C)(C)C(CC(=O)O)NC1C=C(c2ccccc2)NC(c2c[nH]c3c(F)cc(F)cc23)=N1. The van der Waals surface area contributed by atoms with Crippen molar-refractivity contribution < 1.29 is 18.7 Å². The topological polar surface area (TPSA) is 89.5 Å². The van der Waals surface area contributed by atoms with Crippen LogP contribution in [0.15, 0.2) is 59.7 Å². The quantitative estimate of drug-likeness (QED) is 0.439. The van der Waals surface area contributed by atoms with Crippen molar-refractivity contribution >= 4 is 28.4 Å². The second-order valence-corrected chi connectivity index (χ2v) is 9.19. The van der Waals surface area contributed by atoms with Gasteiger partial charge >= 0.3 is 5.97 Å². The summed E-state index contributed by atoms with van der Waals surface area (Å²) in [5, 5.41) is 16.4. The lowest BCUT2D eigenvalue weighted by atomic mass is 9.84. The Morgan fingerprint density at radius 3 is 2.61 bits per heavy atom. The highest BCUT2D eigenvalue weighted by molar-refractivity contribution is 6.13. The van der Waals surface area contributed by atoms with Gasteiger partial charge in [-0.2, -0.15) is 0 Å². The first-order valence-electron chi connectivity index (χ1n) is 10.7. The highest BCUT2D eigenvalue weighted by Gasteiger charge is 2.30. The van der Waals surface area contributed by atoms with E-state index in [9.17, 15) is 18.7 Å². The number of nitrogens with zero attached hydrogens (tertiary/aromatic N) is 1. The second kappa shape index (κ2) is 8.78. The summed E-state index contributed by atoms with van der Waals surface area (Å²) >= 11 is 0. The maximum absolute atomic E-state index is 14.3. The molecule has 2 atom stereocenters. The molecule has 0 bridgehead atoms. The zero-order valence-electron chi connectivity index (χ0n) is 18.6. The van der Waals surface area contributed by atoms with E-state index in [1.807, 2.05) is 57.2 Å². The van der Waals surface area contributed by atoms with E-state index in [1.165, 1.54) is 6.07 Å². The van der Waals surface area contributed by atoms with E-state index in [4.69, 9.17) is 4.99 Å². The average molecular weight is 453 g/mol. The molecule has 2 unspecified atom stereocenters. The largest absolute Gasteiger partial charge is 0.481 e. The Balaban J connectivity index is 1.77. The summed E-state index contributed by atoms with van der Waals surface area (Å²) in [6, 6.07) is 11.3. The van der Waals surface area contributed by atoms with E-state index >= 15 is 0 Å². The first-order valence-corrected chi connectivity index (χ1v) is 10.7. The van der Waals surface area contributed by atoms with E-state index in [0.29, 0.717) is 16.8 Å². The number of aromatic amines is 1. The average Bonchev–Trinajstić information content (AvgIpc) is 3.17. The number of carboxylic acid groups (broad SMARTS) is 1. The molecular formula is C25H26F2N4O2. The lowest BCUT2D eigenvalue weighted by molar-refractivity contribution is -0.138. The zero-order chi connectivity index (χ0) is 23.8. The summed E-state index contributed by atoms with van der Waals surface area (Å²) in [5.74, 6) is -1.85. The molecular weight excluding hydrogens is 426 g/mol. The van der Waals surface area contributed by atoms with Gasteiger partial charge in [-0.3, -0.25) is 10.1 Å². The standard InChI is InChI=1S/C25H26F2N4O2/c1-25(2,3)20(12-22(32)33)30-21-11-19(14-7-5-4-6-8-14)29-24(31-21)17-13-28-23-16(17)9-15(26)10-18(23)27/h4-11,13,20-21,28,30H,12H2,1-3H3,(H,29,31)(H,32,33). The van der Waals surface area contributed by atoms with E-state index in [0.717, 1.165) is 17.3 Å². The van der Waals surface area contributed by atoms with Crippen LogP contribution in [0.2, 0.25) is 0 Å². The Kier molecular flexibility index (Phi) is 6.03. The van der Waals surface area contributed by atoms with Gasteiger partial charge in [-0.15, -0.1) is 0 Å². The van der Waals surface area contributed by atoms with Crippen LogP contribution in [-0.4, -0.2) is 34.1 Å². The van der Waals surface area contributed by atoms with Gasteiger partial charge in [-0.25, -0.2) is 13.8 Å². The van der Waals surface area contributed by atoms with Gasteiger partial charge in [0.2, 0.25) is 0 Å². The highest BCUT2D eigenvalue weighted by Crippen LogP contribution is 2.27. The van der Waals surface area contributed by atoms with Crippen molar-refractivity contribution in [3.05, 3.63) is 77.5 Å². The molecule has 4 rings (SSSR count). The van der Waals surface area contributed by atoms with Gasteiger partial charge < -0.3 is 15.4 Å². The van der Waals surface area contributed by atoms with Gasteiger partial charge in [0.1, 0.15) is 23.6 Å². The predicted octanol–water partition coefficient (Wildman–Crippen LogP) is 4.64. The lowest BCUT2D eigenvalue weighted by Crippen LogP contribution is -2.48. The Bertz CT molecular complexity index is 1240. The number of H-pyrrole nitrogens is 1. The fourth-order valence-electron chi connectivity index (χ4n) is 3.89. The van der Waals surface area contributed by atoms with Crippen LogP contribution in [0.4, 0.5) is 8.78 Å².